The molecule has 4 N–H and O–H groups in total. The van der Waals surface area contributed by atoms with Crippen molar-refractivity contribution in [2.45, 2.75) is 51.8 Å². The maximum atomic E-state index is 12.6. The van der Waals surface area contributed by atoms with Crippen molar-refractivity contribution in [3.63, 3.8) is 0 Å². The molecule has 0 heterocycles. The Kier molecular flexibility index (Phi) is 10.2. The Balaban J connectivity index is 2.68. The van der Waals surface area contributed by atoms with E-state index in [4.69, 9.17) is 10.5 Å². The fourth-order valence-electron chi connectivity index (χ4n) is 2.53. The average molecular weight is 407 g/mol. The fraction of sp³-hybridized carbons (Fsp3) is 0.500. The molecule has 0 aliphatic rings. The van der Waals surface area contributed by atoms with E-state index in [0.717, 1.165) is 5.56 Å². The van der Waals surface area contributed by atoms with Crippen molar-refractivity contribution in [1.29, 1.82) is 0 Å². The number of nitrogens with one attached hydrogen (secondary N) is 2. The van der Waals surface area contributed by atoms with Gasteiger partial charge in [0.2, 0.25) is 11.8 Å². The number of ether oxygens (including phenoxy) is 2. The van der Waals surface area contributed by atoms with E-state index in [0.29, 0.717) is 6.42 Å². The van der Waals surface area contributed by atoms with E-state index >= 15 is 0 Å². The smallest absolute Gasteiger partial charge is 0.408 e. The van der Waals surface area contributed by atoms with Crippen LogP contribution in [0.3, 0.4) is 0 Å². The van der Waals surface area contributed by atoms with Crippen LogP contribution in [0.5, 0.6) is 0 Å². The molecule has 9 heteroatoms. The van der Waals surface area contributed by atoms with Crippen LogP contribution in [0.25, 0.3) is 0 Å². The predicted octanol–water partition coefficient (Wildman–Crippen LogP) is 1.25. The first kappa shape index (κ1) is 23.9. The Morgan fingerprint density at radius 1 is 1.03 bits per heavy atom. The number of amides is 3. The highest BCUT2D eigenvalue weighted by molar-refractivity contribution is 5.91. The van der Waals surface area contributed by atoms with Crippen LogP contribution in [0.1, 0.15) is 38.7 Å². The molecule has 0 saturated carbocycles. The average Bonchev–Trinajstić information content (AvgIpc) is 2.68. The third-order valence-electron chi connectivity index (χ3n) is 4.05. The van der Waals surface area contributed by atoms with Gasteiger partial charge in [-0.1, -0.05) is 44.2 Å². The molecular formula is C20H29N3O6. The summed E-state index contributed by atoms with van der Waals surface area (Å²) in [7, 11) is 1.23. The van der Waals surface area contributed by atoms with Gasteiger partial charge in [-0.2, -0.15) is 0 Å². The first-order valence-corrected chi connectivity index (χ1v) is 9.36. The third-order valence-corrected chi connectivity index (χ3v) is 4.05. The first-order valence-electron chi connectivity index (χ1n) is 9.36. The summed E-state index contributed by atoms with van der Waals surface area (Å²) in [6.45, 7) is 3.84. The SMILES string of the molecule is COC(=O)CC[C@@H](NC(=O)[C@H](CC(C)C)NC(=O)OCc1ccccc1)C(N)=O. The minimum Gasteiger partial charge on any atom is -0.469 e. The Morgan fingerprint density at radius 3 is 2.24 bits per heavy atom. The first-order chi connectivity index (χ1) is 13.7. The molecule has 0 fully saturated rings. The number of nitrogens with two attached hydrogens (primary N) is 1. The number of hydrogen-bond acceptors (Lipinski definition) is 6. The number of hydrogen-bond donors (Lipinski definition) is 3. The molecule has 9 nitrogen and oxygen atoms in total. The number of alkyl carbamates (subject to hydrolysis) is 1. The van der Waals surface area contributed by atoms with Crippen LogP contribution in [0.2, 0.25) is 0 Å². The van der Waals surface area contributed by atoms with E-state index < -0.39 is 36.0 Å². The molecule has 1 rings (SSSR count). The molecule has 29 heavy (non-hydrogen) atoms. The Labute approximate surface area is 170 Å². The number of primary amides is 1. The van der Waals surface area contributed by atoms with Crippen LogP contribution < -0.4 is 16.4 Å². The van der Waals surface area contributed by atoms with E-state index in [9.17, 15) is 19.2 Å². The van der Waals surface area contributed by atoms with Gasteiger partial charge < -0.3 is 25.8 Å². The second-order valence-corrected chi connectivity index (χ2v) is 6.97. The molecule has 1 aromatic carbocycles. The Hall–Kier alpha value is -3.10. The minimum absolute atomic E-state index is 0.000594. The molecule has 0 aromatic heterocycles. The topological polar surface area (TPSA) is 137 Å². The van der Waals surface area contributed by atoms with Crippen LogP contribution in [0, 0.1) is 5.92 Å². The molecular weight excluding hydrogens is 378 g/mol. The number of rotatable bonds is 11. The summed E-state index contributed by atoms with van der Waals surface area (Å²) < 4.78 is 9.68. The predicted molar refractivity (Wildman–Crippen MR) is 105 cm³/mol. The van der Waals surface area contributed by atoms with Crippen molar-refractivity contribution >= 4 is 23.9 Å². The lowest BCUT2D eigenvalue weighted by Crippen LogP contribution is -2.53. The quantitative estimate of drug-likeness (QED) is 0.472. The normalized spacial score (nSPS) is 12.6. The molecule has 1 aromatic rings. The maximum Gasteiger partial charge on any atom is 0.408 e. The molecule has 0 unspecified atom stereocenters. The summed E-state index contributed by atoms with van der Waals surface area (Å²) in [5.41, 5.74) is 6.12. The largest absolute Gasteiger partial charge is 0.469 e. The van der Waals surface area contributed by atoms with Crippen molar-refractivity contribution in [3.8, 4) is 0 Å². The van der Waals surface area contributed by atoms with Gasteiger partial charge in [-0.25, -0.2) is 4.79 Å². The van der Waals surface area contributed by atoms with Crippen molar-refractivity contribution < 1.29 is 28.7 Å². The zero-order chi connectivity index (χ0) is 21.8. The van der Waals surface area contributed by atoms with Gasteiger partial charge in [-0.3, -0.25) is 14.4 Å². The van der Waals surface area contributed by atoms with E-state index in [2.05, 4.69) is 15.4 Å². The molecule has 160 valence electrons. The summed E-state index contributed by atoms with van der Waals surface area (Å²) in [5.74, 6) is -1.80. The molecule has 0 spiro atoms. The van der Waals surface area contributed by atoms with Gasteiger partial charge in [0.1, 0.15) is 18.7 Å². The van der Waals surface area contributed by atoms with Crippen LogP contribution in [-0.4, -0.2) is 43.1 Å². The summed E-state index contributed by atoms with van der Waals surface area (Å²) in [5, 5.41) is 5.01. The van der Waals surface area contributed by atoms with Gasteiger partial charge >= 0.3 is 12.1 Å². The van der Waals surface area contributed by atoms with Gasteiger partial charge in [-0.05, 0) is 24.3 Å². The maximum absolute atomic E-state index is 12.6. The Bertz CT molecular complexity index is 693. The van der Waals surface area contributed by atoms with Crippen LogP contribution >= 0.6 is 0 Å². The van der Waals surface area contributed by atoms with E-state index in [1.54, 1.807) is 0 Å². The molecule has 2 atom stereocenters. The van der Waals surface area contributed by atoms with Gasteiger partial charge in [0.25, 0.3) is 0 Å². The van der Waals surface area contributed by atoms with Crippen molar-refractivity contribution in [3.05, 3.63) is 35.9 Å². The van der Waals surface area contributed by atoms with Gasteiger partial charge in [0.15, 0.2) is 0 Å². The molecule has 0 aliphatic carbocycles. The van der Waals surface area contributed by atoms with Gasteiger partial charge in [0.05, 0.1) is 7.11 Å². The van der Waals surface area contributed by atoms with Gasteiger partial charge in [-0.15, -0.1) is 0 Å². The van der Waals surface area contributed by atoms with E-state index in [-0.39, 0.29) is 25.4 Å². The number of esters is 1. The van der Waals surface area contributed by atoms with E-state index in [1.807, 2.05) is 44.2 Å². The number of carbonyl (C=O) groups excluding carboxylic acids is 4. The summed E-state index contributed by atoms with van der Waals surface area (Å²) in [6.07, 6.45) is -0.499. The lowest BCUT2D eigenvalue weighted by molar-refractivity contribution is -0.141. The lowest BCUT2D eigenvalue weighted by atomic mass is 10.0. The van der Waals surface area contributed by atoms with Crippen LogP contribution in [-0.2, 0) is 30.5 Å². The molecule has 0 aliphatic heterocycles. The zero-order valence-corrected chi connectivity index (χ0v) is 17.0. The van der Waals surface area contributed by atoms with Crippen molar-refractivity contribution in [2.75, 3.05) is 7.11 Å². The Morgan fingerprint density at radius 2 is 1.69 bits per heavy atom. The number of carbonyl (C=O) groups is 4. The lowest BCUT2D eigenvalue weighted by Gasteiger charge is -2.22. The summed E-state index contributed by atoms with van der Waals surface area (Å²) in [6, 6.07) is 7.14. The summed E-state index contributed by atoms with van der Waals surface area (Å²) in [4.78, 5) is 47.6. The van der Waals surface area contributed by atoms with Crippen molar-refractivity contribution in [1.82, 2.24) is 10.6 Å². The second-order valence-electron chi connectivity index (χ2n) is 6.97. The zero-order valence-electron chi connectivity index (χ0n) is 17.0. The number of methoxy groups -OCH3 is 1. The highest BCUT2D eigenvalue weighted by Gasteiger charge is 2.27. The van der Waals surface area contributed by atoms with E-state index in [1.165, 1.54) is 7.11 Å². The van der Waals surface area contributed by atoms with Gasteiger partial charge in [0, 0.05) is 6.42 Å². The van der Waals surface area contributed by atoms with Crippen LogP contribution in [0.15, 0.2) is 30.3 Å². The highest BCUT2D eigenvalue weighted by Crippen LogP contribution is 2.08. The minimum atomic E-state index is -1.06. The number of benzene rings is 1. The molecule has 0 bridgehead atoms. The standard InChI is InChI=1S/C20H29N3O6/c1-13(2)11-16(23-20(27)29-12-14-7-5-4-6-8-14)19(26)22-15(18(21)25)9-10-17(24)28-3/h4-8,13,15-16H,9-12H2,1-3H3,(H2,21,25)(H,22,26)(H,23,27)/t15-,16+/m1/s1. The summed E-state index contributed by atoms with van der Waals surface area (Å²) >= 11 is 0. The molecule has 3 amide bonds. The van der Waals surface area contributed by atoms with Crippen molar-refractivity contribution in [2.24, 2.45) is 11.7 Å². The fourth-order valence-corrected chi connectivity index (χ4v) is 2.53. The van der Waals surface area contributed by atoms with Crippen LogP contribution in [0.4, 0.5) is 4.79 Å². The second kappa shape index (κ2) is 12.4. The molecule has 0 radical (unpaired) electrons. The highest BCUT2D eigenvalue weighted by atomic mass is 16.5. The molecule has 0 saturated heterocycles. The monoisotopic (exact) mass is 407 g/mol. The third kappa shape index (κ3) is 9.59.